The topological polar surface area (TPSA) is 103 Å². The van der Waals surface area contributed by atoms with Crippen molar-refractivity contribution in [3.63, 3.8) is 0 Å². The van der Waals surface area contributed by atoms with Crippen molar-refractivity contribution < 1.29 is 28.6 Å². The van der Waals surface area contributed by atoms with E-state index in [4.69, 9.17) is 14.2 Å². The number of urea groups is 1. The maximum Gasteiger partial charge on any atom is 0.329 e. The molecule has 0 unspecified atom stereocenters. The molecule has 0 radical (unpaired) electrons. The summed E-state index contributed by atoms with van der Waals surface area (Å²) in [4.78, 5) is 37.3. The molecule has 2 amide bonds. The van der Waals surface area contributed by atoms with E-state index in [9.17, 15) is 14.4 Å². The number of methoxy groups -OCH3 is 2. The first-order chi connectivity index (χ1) is 14.3. The number of carbonyl (C=O) groups is 3. The van der Waals surface area contributed by atoms with E-state index in [1.54, 1.807) is 50.2 Å². The Balaban J connectivity index is 2.00. The third-order valence-electron chi connectivity index (χ3n) is 4.29. The Kier molecular flexibility index (Phi) is 8.22. The number of ether oxygens (including phenoxy) is 3. The molecule has 0 aliphatic heterocycles. The summed E-state index contributed by atoms with van der Waals surface area (Å²) >= 11 is 0. The molecule has 2 N–H and O–H groups in total. The van der Waals surface area contributed by atoms with Gasteiger partial charge >= 0.3 is 12.0 Å². The molecular weight excluding hydrogens is 388 g/mol. The van der Waals surface area contributed by atoms with Crippen molar-refractivity contribution >= 4 is 23.5 Å². The highest BCUT2D eigenvalue weighted by Gasteiger charge is 2.27. The van der Waals surface area contributed by atoms with Crippen molar-refractivity contribution in [2.45, 2.75) is 19.9 Å². The van der Waals surface area contributed by atoms with Gasteiger partial charge in [0.25, 0.3) is 0 Å². The molecule has 0 aliphatic carbocycles. The number of Topliss-reactive ketones (excluding diaryl/α,β-unsaturated/α-hetero) is 1. The van der Waals surface area contributed by atoms with E-state index in [0.717, 1.165) is 0 Å². The van der Waals surface area contributed by atoms with Crippen LogP contribution in [-0.4, -0.2) is 44.7 Å². The van der Waals surface area contributed by atoms with Gasteiger partial charge in [-0.05, 0) is 36.2 Å². The van der Waals surface area contributed by atoms with Gasteiger partial charge in [-0.3, -0.25) is 4.79 Å². The van der Waals surface area contributed by atoms with Gasteiger partial charge in [-0.2, -0.15) is 0 Å². The minimum atomic E-state index is -0.922. The number of benzene rings is 2. The van der Waals surface area contributed by atoms with Crippen molar-refractivity contribution in [2.75, 3.05) is 26.1 Å². The summed E-state index contributed by atoms with van der Waals surface area (Å²) in [6.45, 7) is 3.04. The molecule has 0 aromatic heterocycles. The van der Waals surface area contributed by atoms with Crippen LogP contribution in [0.25, 0.3) is 0 Å². The molecule has 0 bridgehead atoms. The fourth-order valence-corrected chi connectivity index (χ4v) is 2.66. The van der Waals surface area contributed by atoms with Gasteiger partial charge in [0, 0.05) is 5.69 Å². The number of para-hydroxylation sites is 1. The Morgan fingerprint density at radius 3 is 2.27 bits per heavy atom. The van der Waals surface area contributed by atoms with Crippen LogP contribution in [0.2, 0.25) is 0 Å². The van der Waals surface area contributed by atoms with Gasteiger partial charge in [-0.25, -0.2) is 9.59 Å². The van der Waals surface area contributed by atoms with Crippen LogP contribution in [0.3, 0.4) is 0 Å². The standard InChI is InChI=1S/C22H26N2O6/c1-14(2)20(24-22(27)23-15-8-6-5-7-9-15)21(26)30-13-18(25)17-12-16(28-3)10-11-19(17)29-4/h5-12,14,20H,13H2,1-4H3,(H2,23,24,27)/t20-/m1/s1. The number of esters is 1. The second-order valence-electron chi connectivity index (χ2n) is 6.78. The third kappa shape index (κ3) is 6.23. The smallest absolute Gasteiger partial charge is 0.329 e. The third-order valence-corrected chi connectivity index (χ3v) is 4.29. The van der Waals surface area contributed by atoms with Gasteiger partial charge in [0.1, 0.15) is 17.5 Å². The van der Waals surface area contributed by atoms with Crippen molar-refractivity contribution in [3.8, 4) is 11.5 Å². The second-order valence-corrected chi connectivity index (χ2v) is 6.78. The minimum Gasteiger partial charge on any atom is -0.497 e. The average molecular weight is 414 g/mol. The Morgan fingerprint density at radius 2 is 1.67 bits per heavy atom. The van der Waals surface area contributed by atoms with E-state index in [-0.39, 0.29) is 11.5 Å². The van der Waals surface area contributed by atoms with Crippen molar-refractivity contribution in [3.05, 3.63) is 54.1 Å². The van der Waals surface area contributed by atoms with Crippen molar-refractivity contribution in [2.24, 2.45) is 5.92 Å². The number of nitrogens with one attached hydrogen (secondary N) is 2. The summed E-state index contributed by atoms with van der Waals surface area (Å²) in [5, 5.41) is 5.23. The summed E-state index contributed by atoms with van der Waals surface area (Å²) < 4.78 is 15.5. The SMILES string of the molecule is COc1ccc(OC)c(C(=O)COC(=O)[C@H](NC(=O)Nc2ccccc2)C(C)C)c1. The fourth-order valence-electron chi connectivity index (χ4n) is 2.66. The van der Waals surface area contributed by atoms with E-state index < -0.39 is 30.4 Å². The minimum absolute atomic E-state index is 0.237. The first kappa shape index (κ1) is 22.7. The summed E-state index contributed by atoms with van der Waals surface area (Å²) in [6, 6.07) is 12.1. The van der Waals surface area contributed by atoms with Crippen LogP contribution in [0.4, 0.5) is 10.5 Å². The predicted octanol–water partition coefficient (Wildman–Crippen LogP) is 3.28. The van der Waals surface area contributed by atoms with Crippen LogP contribution in [-0.2, 0) is 9.53 Å². The molecule has 0 saturated heterocycles. The predicted molar refractivity (Wildman–Crippen MR) is 112 cm³/mol. The Hall–Kier alpha value is -3.55. The molecular formula is C22H26N2O6. The highest BCUT2D eigenvalue weighted by atomic mass is 16.5. The Bertz CT molecular complexity index is 882. The van der Waals surface area contributed by atoms with Gasteiger partial charge in [0.15, 0.2) is 6.61 Å². The lowest BCUT2D eigenvalue weighted by molar-refractivity contribution is -0.145. The highest BCUT2D eigenvalue weighted by Crippen LogP contribution is 2.24. The lowest BCUT2D eigenvalue weighted by Gasteiger charge is -2.21. The van der Waals surface area contributed by atoms with Gasteiger partial charge < -0.3 is 24.8 Å². The second kappa shape index (κ2) is 10.8. The summed E-state index contributed by atoms with van der Waals surface area (Å²) in [5.74, 6) is -0.582. The number of ketones is 1. The zero-order valence-electron chi connectivity index (χ0n) is 17.4. The van der Waals surface area contributed by atoms with Gasteiger partial charge in [-0.1, -0.05) is 32.0 Å². The lowest BCUT2D eigenvalue weighted by Crippen LogP contribution is -2.47. The number of hydrogen-bond acceptors (Lipinski definition) is 6. The van der Waals surface area contributed by atoms with Gasteiger partial charge in [-0.15, -0.1) is 0 Å². The van der Waals surface area contributed by atoms with E-state index in [0.29, 0.717) is 17.2 Å². The van der Waals surface area contributed by atoms with Crippen LogP contribution in [0.1, 0.15) is 24.2 Å². The van der Waals surface area contributed by atoms with Crippen LogP contribution in [0, 0.1) is 5.92 Å². The molecule has 1 atom stereocenters. The van der Waals surface area contributed by atoms with Crippen molar-refractivity contribution in [1.29, 1.82) is 0 Å². The summed E-state index contributed by atoms with van der Waals surface area (Å²) in [7, 11) is 2.92. The van der Waals surface area contributed by atoms with Crippen LogP contribution in [0.15, 0.2) is 48.5 Å². The molecule has 2 rings (SSSR count). The highest BCUT2D eigenvalue weighted by molar-refractivity contribution is 6.01. The number of rotatable bonds is 9. The maximum absolute atomic E-state index is 12.5. The van der Waals surface area contributed by atoms with Gasteiger partial charge in [0.2, 0.25) is 5.78 Å². The summed E-state index contributed by atoms with van der Waals surface area (Å²) in [5.41, 5.74) is 0.826. The van der Waals surface area contributed by atoms with E-state index in [1.165, 1.54) is 20.3 Å². The molecule has 0 aliphatic rings. The van der Waals surface area contributed by atoms with E-state index in [2.05, 4.69) is 10.6 Å². The van der Waals surface area contributed by atoms with E-state index >= 15 is 0 Å². The number of amides is 2. The Labute approximate surface area is 175 Å². The fraction of sp³-hybridized carbons (Fsp3) is 0.318. The quantitative estimate of drug-likeness (QED) is 0.482. The van der Waals surface area contributed by atoms with Crippen LogP contribution < -0.4 is 20.1 Å². The molecule has 0 spiro atoms. The lowest BCUT2D eigenvalue weighted by atomic mass is 10.0. The van der Waals surface area contributed by atoms with Gasteiger partial charge in [0.05, 0.1) is 19.8 Å². The largest absolute Gasteiger partial charge is 0.497 e. The van der Waals surface area contributed by atoms with E-state index in [1.807, 2.05) is 6.07 Å². The monoisotopic (exact) mass is 414 g/mol. The number of carbonyl (C=O) groups excluding carboxylic acids is 3. The van der Waals surface area contributed by atoms with Crippen LogP contribution in [0.5, 0.6) is 11.5 Å². The Morgan fingerprint density at radius 1 is 0.967 bits per heavy atom. The molecule has 0 fully saturated rings. The first-order valence-corrected chi connectivity index (χ1v) is 9.40. The normalized spacial score (nSPS) is 11.4. The average Bonchev–Trinajstić information content (AvgIpc) is 2.75. The number of hydrogen-bond donors (Lipinski definition) is 2. The molecule has 0 heterocycles. The maximum atomic E-state index is 12.5. The zero-order chi connectivity index (χ0) is 22.1. The van der Waals surface area contributed by atoms with Crippen molar-refractivity contribution in [1.82, 2.24) is 5.32 Å². The first-order valence-electron chi connectivity index (χ1n) is 9.40. The molecule has 160 valence electrons. The summed E-state index contributed by atoms with van der Waals surface area (Å²) in [6.07, 6.45) is 0. The van der Waals surface area contributed by atoms with Crippen LogP contribution >= 0.6 is 0 Å². The molecule has 0 saturated carbocycles. The zero-order valence-corrected chi connectivity index (χ0v) is 17.4. The molecule has 8 nitrogen and oxygen atoms in total. The molecule has 2 aromatic carbocycles. The molecule has 8 heteroatoms. The number of anilines is 1. The molecule has 30 heavy (non-hydrogen) atoms. The molecule has 2 aromatic rings.